The molecule has 2 rings (SSSR count). The minimum absolute atomic E-state index is 0.401. The van der Waals surface area contributed by atoms with Crippen molar-refractivity contribution in [3.8, 4) is 0 Å². The number of carbonyl (C=O) groups is 1. The highest BCUT2D eigenvalue weighted by Gasteiger charge is 2.00. The largest absolute Gasteiger partial charge is 0.381 e. The number of hydrogen-bond donors (Lipinski definition) is 2. The van der Waals surface area contributed by atoms with Crippen molar-refractivity contribution in [1.82, 2.24) is 0 Å². The highest BCUT2D eigenvalue weighted by molar-refractivity contribution is 9.10. The minimum atomic E-state index is -0.401. The van der Waals surface area contributed by atoms with Gasteiger partial charge in [-0.2, -0.15) is 0 Å². The standard InChI is InChI=1S/C15H15BrN2O/c1-10-6-13(16)8-14(7-10)18-9-11-2-4-12(5-3-11)15(17)19/h2-8,18H,9H2,1H3,(H2,17,19). The van der Waals surface area contributed by atoms with Crippen LogP contribution in [0.4, 0.5) is 5.69 Å². The summed E-state index contributed by atoms with van der Waals surface area (Å²) in [6, 6.07) is 13.5. The quantitative estimate of drug-likeness (QED) is 0.906. The van der Waals surface area contributed by atoms with Crippen LogP contribution >= 0.6 is 15.9 Å². The van der Waals surface area contributed by atoms with Crippen LogP contribution in [0, 0.1) is 6.92 Å². The predicted octanol–water partition coefficient (Wildman–Crippen LogP) is 3.47. The average Bonchev–Trinajstić information content (AvgIpc) is 2.36. The molecule has 2 aromatic carbocycles. The zero-order valence-electron chi connectivity index (χ0n) is 10.6. The van der Waals surface area contributed by atoms with Gasteiger partial charge in [0.1, 0.15) is 0 Å². The molecule has 0 spiro atoms. The number of nitrogens with two attached hydrogens (primary N) is 1. The summed E-state index contributed by atoms with van der Waals surface area (Å²) in [5, 5.41) is 3.35. The maximum absolute atomic E-state index is 11.0. The molecule has 0 aliphatic rings. The first-order valence-corrected chi connectivity index (χ1v) is 6.74. The van der Waals surface area contributed by atoms with Crippen molar-refractivity contribution in [2.24, 2.45) is 5.73 Å². The van der Waals surface area contributed by atoms with Gasteiger partial charge in [-0.1, -0.05) is 28.1 Å². The number of halogens is 1. The van der Waals surface area contributed by atoms with Crippen LogP contribution in [0.15, 0.2) is 46.9 Å². The van der Waals surface area contributed by atoms with Crippen LogP contribution in [0.25, 0.3) is 0 Å². The number of primary amides is 1. The topological polar surface area (TPSA) is 55.1 Å². The highest BCUT2D eigenvalue weighted by Crippen LogP contribution is 2.19. The Hall–Kier alpha value is -1.81. The van der Waals surface area contributed by atoms with Gasteiger partial charge in [-0.25, -0.2) is 0 Å². The van der Waals surface area contributed by atoms with E-state index in [0.717, 1.165) is 15.7 Å². The Bertz CT molecular complexity index is 573. The molecule has 0 fully saturated rings. The van der Waals surface area contributed by atoms with Crippen molar-refractivity contribution in [3.63, 3.8) is 0 Å². The van der Waals surface area contributed by atoms with Gasteiger partial charge < -0.3 is 11.1 Å². The smallest absolute Gasteiger partial charge is 0.248 e. The molecule has 3 N–H and O–H groups in total. The van der Waals surface area contributed by atoms with Gasteiger partial charge in [-0.3, -0.25) is 4.79 Å². The highest BCUT2D eigenvalue weighted by atomic mass is 79.9. The van der Waals surface area contributed by atoms with E-state index in [1.165, 1.54) is 5.56 Å². The Labute approximate surface area is 121 Å². The normalized spacial score (nSPS) is 10.2. The van der Waals surface area contributed by atoms with Crippen LogP contribution in [0.5, 0.6) is 0 Å². The molecule has 0 radical (unpaired) electrons. The molecule has 0 aliphatic carbocycles. The lowest BCUT2D eigenvalue weighted by Crippen LogP contribution is -2.10. The Morgan fingerprint density at radius 1 is 1.21 bits per heavy atom. The number of amides is 1. The fraction of sp³-hybridized carbons (Fsp3) is 0.133. The third-order valence-corrected chi connectivity index (χ3v) is 3.24. The van der Waals surface area contributed by atoms with Crippen molar-refractivity contribution < 1.29 is 4.79 Å². The van der Waals surface area contributed by atoms with Gasteiger partial charge in [0.15, 0.2) is 0 Å². The van der Waals surface area contributed by atoms with Gasteiger partial charge in [0.05, 0.1) is 0 Å². The first-order valence-electron chi connectivity index (χ1n) is 5.94. The summed E-state index contributed by atoms with van der Waals surface area (Å²) in [5.74, 6) is -0.401. The third kappa shape index (κ3) is 3.83. The second-order valence-corrected chi connectivity index (χ2v) is 5.35. The van der Waals surface area contributed by atoms with E-state index in [2.05, 4.69) is 40.3 Å². The number of nitrogens with one attached hydrogen (secondary N) is 1. The fourth-order valence-electron chi connectivity index (χ4n) is 1.83. The molecule has 0 saturated heterocycles. The fourth-order valence-corrected chi connectivity index (χ4v) is 2.44. The first kappa shape index (κ1) is 13.6. The molecule has 19 heavy (non-hydrogen) atoms. The number of aryl methyl sites for hydroxylation is 1. The molecule has 1 amide bonds. The molecule has 0 aliphatic heterocycles. The average molecular weight is 319 g/mol. The van der Waals surface area contributed by atoms with Gasteiger partial charge in [0.2, 0.25) is 5.91 Å². The molecular weight excluding hydrogens is 304 g/mol. The minimum Gasteiger partial charge on any atom is -0.381 e. The maximum Gasteiger partial charge on any atom is 0.248 e. The first-order chi connectivity index (χ1) is 9.04. The van der Waals surface area contributed by atoms with E-state index in [0.29, 0.717) is 12.1 Å². The summed E-state index contributed by atoms with van der Waals surface area (Å²) >= 11 is 3.47. The van der Waals surface area contributed by atoms with Crippen molar-refractivity contribution in [3.05, 3.63) is 63.6 Å². The molecule has 0 heterocycles. The summed E-state index contributed by atoms with van der Waals surface area (Å²) in [5.41, 5.74) is 9.09. The van der Waals surface area contributed by atoms with Crippen molar-refractivity contribution >= 4 is 27.5 Å². The number of anilines is 1. The van der Waals surface area contributed by atoms with Crippen LogP contribution in [-0.2, 0) is 6.54 Å². The number of benzene rings is 2. The monoisotopic (exact) mass is 318 g/mol. The van der Waals surface area contributed by atoms with E-state index in [4.69, 9.17) is 5.73 Å². The Kier molecular flexibility index (Phi) is 4.22. The molecule has 0 unspecified atom stereocenters. The summed E-state index contributed by atoms with van der Waals surface area (Å²) in [6.07, 6.45) is 0. The number of hydrogen-bond acceptors (Lipinski definition) is 2. The van der Waals surface area contributed by atoms with Crippen LogP contribution in [0.3, 0.4) is 0 Å². The Morgan fingerprint density at radius 2 is 1.89 bits per heavy atom. The van der Waals surface area contributed by atoms with Crippen molar-refractivity contribution in [1.29, 1.82) is 0 Å². The molecule has 0 bridgehead atoms. The van der Waals surface area contributed by atoms with Gasteiger partial charge in [-0.15, -0.1) is 0 Å². The van der Waals surface area contributed by atoms with E-state index in [1.807, 2.05) is 18.2 Å². The Balaban J connectivity index is 2.03. The van der Waals surface area contributed by atoms with Gasteiger partial charge in [0.25, 0.3) is 0 Å². The molecule has 0 saturated carbocycles. The van der Waals surface area contributed by atoms with Crippen molar-refractivity contribution in [2.75, 3.05) is 5.32 Å². The van der Waals surface area contributed by atoms with Gasteiger partial charge in [-0.05, 0) is 48.4 Å². The van der Waals surface area contributed by atoms with E-state index < -0.39 is 5.91 Å². The van der Waals surface area contributed by atoms with E-state index in [9.17, 15) is 4.79 Å². The van der Waals surface area contributed by atoms with E-state index >= 15 is 0 Å². The molecule has 3 nitrogen and oxygen atoms in total. The maximum atomic E-state index is 11.0. The van der Waals surface area contributed by atoms with E-state index in [1.54, 1.807) is 12.1 Å². The van der Waals surface area contributed by atoms with Gasteiger partial charge in [0, 0.05) is 22.3 Å². The zero-order chi connectivity index (χ0) is 13.8. The lowest BCUT2D eigenvalue weighted by Gasteiger charge is -2.08. The van der Waals surface area contributed by atoms with Crippen LogP contribution in [-0.4, -0.2) is 5.91 Å². The molecule has 4 heteroatoms. The number of rotatable bonds is 4. The molecule has 98 valence electrons. The molecule has 0 aromatic heterocycles. The van der Waals surface area contributed by atoms with E-state index in [-0.39, 0.29) is 0 Å². The lowest BCUT2D eigenvalue weighted by atomic mass is 10.1. The molecule has 0 atom stereocenters. The molecule has 2 aromatic rings. The number of carbonyl (C=O) groups excluding carboxylic acids is 1. The van der Waals surface area contributed by atoms with Gasteiger partial charge >= 0.3 is 0 Å². The lowest BCUT2D eigenvalue weighted by molar-refractivity contribution is 0.100. The second-order valence-electron chi connectivity index (χ2n) is 4.43. The summed E-state index contributed by atoms with van der Waals surface area (Å²) in [4.78, 5) is 11.0. The molecular formula is C15H15BrN2O. The zero-order valence-corrected chi connectivity index (χ0v) is 12.2. The summed E-state index contributed by atoms with van der Waals surface area (Å²) < 4.78 is 1.05. The van der Waals surface area contributed by atoms with Crippen LogP contribution < -0.4 is 11.1 Å². The van der Waals surface area contributed by atoms with Crippen molar-refractivity contribution in [2.45, 2.75) is 13.5 Å². The SMILES string of the molecule is Cc1cc(Br)cc(NCc2ccc(C(N)=O)cc2)c1. The summed E-state index contributed by atoms with van der Waals surface area (Å²) in [7, 11) is 0. The summed E-state index contributed by atoms with van der Waals surface area (Å²) in [6.45, 7) is 2.76. The van der Waals surface area contributed by atoms with Crippen LogP contribution in [0.2, 0.25) is 0 Å². The predicted molar refractivity (Wildman–Crippen MR) is 81.2 cm³/mol. The third-order valence-electron chi connectivity index (χ3n) is 2.78. The van der Waals surface area contributed by atoms with Crippen LogP contribution in [0.1, 0.15) is 21.5 Å². The second kappa shape index (κ2) is 5.89. The Morgan fingerprint density at radius 3 is 2.47 bits per heavy atom.